The maximum Gasteiger partial charge on any atom is 0.343 e. The molecule has 128 valence electrons. The second-order valence-corrected chi connectivity index (χ2v) is 5.88. The zero-order valence-corrected chi connectivity index (χ0v) is 13.4. The molecule has 0 saturated carbocycles. The van der Waals surface area contributed by atoms with E-state index in [0.29, 0.717) is 24.7 Å². The highest BCUT2D eigenvalue weighted by atomic mass is 16.5. The Bertz CT molecular complexity index is 956. The van der Waals surface area contributed by atoms with E-state index in [4.69, 9.17) is 4.52 Å². The van der Waals surface area contributed by atoms with Gasteiger partial charge in [-0.05, 0) is 12.0 Å². The molecule has 1 amide bonds. The fraction of sp³-hybridized carbons (Fsp3) is 0.312. The van der Waals surface area contributed by atoms with E-state index >= 15 is 0 Å². The molecule has 1 saturated heterocycles. The number of carbonyl (C=O) groups excluding carboxylic acids is 1. The number of aromatic nitrogens is 5. The molecule has 1 aliphatic rings. The van der Waals surface area contributed by atoms with E-state index in [-0.39, 0.29) is 18.1 Å². The lowest BCUT2D eigenvalue weighted by Gasteiger charge is -2.17. The number of carbonyl (C=O) groups is 1. The van der Waals surface area contributed by atoms with Crippen LogP contribution in [0.15, 0.2) is 39.9 Å². The topological polar surface area (TPSA) is 110 Å². The minimum atomic E-state index is -0.340. The Labute approximate surface area is 142 Å². The van der Waals surface area contributed by atoms with Crippen LogP contribution >= 0.6 is 0 Å². The maximum atomic E-state index is 11.9. The molecule has 1 aromatic carbocycles. The maximum absolute atomic E-state index is 11.9. The summed E-state index contributed by atoms with van der Waals surface area (Å²) in [7, 11) is 0. The minimum absolute atomic E-state index is 0.148. The number of nitrogens with one attached hydrogen (secondary N) is 1. The Morgan fingerprint density at radius 1 is 1.20 bits per heavy atom. The normalized spacial score (nSPS) is 14.4. The van der Waals surface area contributed by atoms with Gasteiger partial charge in [-0.15, -0.1) is 0 Å². The average molecular weight is 340 g/mol. The monoisotopic (exact) mass is 340 g/mol. The van der Waals surface area contributed by atoms with Gasteiger partial charge in [0, 0.05) is 25.1 Å². The van der Waals surface area contributed by atoms with Crippen LogP contribution in [-0.2, 0) is 17.9 Å². The molecule has 0 bridgehead atoms. The predicted molar refractivity (Wildman–Crippen MR) is 86.3 cm³/mol. The van der Waals surface area contributed by atoms with Gasteiger partial charge in [-0.1, -0.05) is 29.4 Å². The third-order valence-corrected chi connectivity index (χ3v) is 4.18. The quantitative estimate of drug-likeness (QED) is 0.735. The van der Waals surface area contributed by atoms with Gasteiger partial charge >= 0.3 is 5.69 Å². The van der Waals surface area contributed by atoms with Crippen molar-refractivity contribution in [3.63, 3.8) is 0 Å². The first-order valence-electron chi connectivity index (χ1n) is 7.99. The SMILES string of the molecule is O=C1CCCN1Cc1ccccc1-c1noc(Cn2cn[nH]c2=O)n1. The second-order valence-electron chi connectivity index (χ2n) is 5.88. The Hall–Kier alpha value is -3.23. The highest BCUT2D eigenvalue weighted by Gasteiger charge is 2.22. The number of H-pyrrole nitrogens is 1. The molecule has 3 heterocycles. The van der Waals surface area contributed by atoms with Crippen molar-refractivity contribution >= 4 is 5.91 Å². The number of nitrogens with zero attached hydrogens (tertiary/aromatic N) is 5. The molecular formula is C16H16N6O3. The third kappa shape index (κ3) is 3.08. The first kappa shape index (κ1) is 15.3. The van der Waals surface area contributed by atoms with E-state index in [1.165, 1.54) is 10.9 Å². The summed E-state index contributed by atoms with van der Waals surface area (Å²) in [5.74, 6) is 0.919. The summed E-state index contributed by atoms with van der Waals surface area (Å²) in [5, 5.41) is 9.99. The summed E-state index contributed by atoms with van der Waals surface area (Å²) in [6.07, 6.45) is 2.87. The van der Waals surface area contributed by atoms with E-state index in [0.717, 1.165) is 24.1 Å². The van der Waals surface area contributed by atoms with Crippen molar-refractivity contribution in [2.45, 2.75) is 25.9 Å². The molecule has 0 atom stereocenters. The standard InChI is InChI=1S/C16H16N6O3/c23-14-6-3-7-21(14)8-11-4-1-2-5-12(11)15-18-13(25-20-15)9-22-10-17-19-16(22)24/h1-2,4-5,10H,3,6-9H2,(H,19,24). The molecule has 2 aromatic heterocycles. The Morgan fingerprint density at radius 3 is 2.84 bits per heavy atom. The Morgan fingerprint density at radius 2 is 2.08 bits per heavy atom. The molecule has 25 heavy (non-hydrogen) atoms. The van der Waals surface area contributed by atoms with Crippen molar-refractivity contribution in [2.24, 2.45) is 0 Å². The lowest BCUT2D eigenvalue weighted by Crippen LogP contribution is -2.24. The van der Waals surface area contributed by atoms with Crippen molar-refractivity contribution in [3.8, 4) is 11.4 Å². The number of amides is 1. The van der Waals surface area contributed by atoms with Gasteiger partial charge in [0.15, 0.2) is 0 Å². The molecule has 0 radical (unpaired) electrons. The number of rotatable bonds is 5. The fourth-order valence-electron chi connectivity index (χ4n) is 2.91. The largest absolute Gasteiger partial charge is 0.343 e. The second kappa shape index (κ2) is 6.34. The van der Waals surface area contributed by atoms with Crippen LogP contribution in [0.25, 0.3) is 11.4 Å². The summed E-state index contributed by atoms with van der Waals surface area (Å²) in [6, 6.07) is 7.67. The molecule has 3 aromatic rings. The van der Waals surface area contributed by atoms with Gasteiger partial charge in [-0.25, -0.2) is 9.89 Å². The summed E-state index contributed by atoms with van der Waals surface area (Å²) in [4.78, 5) is 29.6. The van der Waals surface area contributed by atoms with Crippen LogP contribution in [0.2, 0.25) is 0 Å². The van der Waals surface area contributed by atoms with E-state index in [2.05, 4.69) is 20.3 Å². The average Bonchev–Trinajstić information content (AvgIpc) is 3.33. The van der Waals surface area contributed by atoms with Gasteiger partial charge < -0.3 is 9.42 Å². The minimum Gasteiger partial charge on any atom is -0.338 e. The van der Waals surface area contributed by atoms with Gasteiger partial charge in [-0.2, -0.15) is 10.1 Å². The first-order chi connectivity index (χ1) is 12.2. The summed E-state index contributed by atoms with van der Waals surface area (Å²) in [5.41, 5.74) is 1.44. The lowest BCUT2D eigenvalue weighted by molar-refractivity contribution is -0.128. The van der Waals surface area contributed by atoms with Gasteiger partial charge in [0.05, 0.1) is 0 Å². The number of hydrogen-bond acceptors (Lipinski definition) is 6. The third-order valence-electron chi connectivity index (χ3n) is 4.18. The van der Waals surface area contributed by atoms with Crippen molar-refractivity contribution in [2.75, 3.05) is 6.54 Å². The molecule has 1 N–H and O–H groups in total. The van der Waals surface area contributed by atoms with Crippen molar-refractivity contribution in [3.05, 3.63) is 52.5 Å². The Balaban J connectivity index is 1.59. The van der Waals surface area contributed by atoms with E-state index in [1.807, 2.05) is 29.2 Å². The van der Waals surface area contributed by atoms with Crippen LogP contribution in [0.1, 0.15) is 24.3 Å². The highest BCUT2D eigenvalue weighted by Crippen LogP contribution is 2.24. The molecule has 9 nitrogen and oxygen atoms in total. The van der Waals surface area contributed by atoms with Gasteiger partial charge in [0.2, 0.25) is 17.6 Å². The first-order valence-corrected chi connectivity index (χ1v) is 7.99. The smallest absolute Gasteiger partial charge is 0.338 e. The van der Waals surface area contributed by atoms with Crippen molar-refractivity contribution in [1.82, 2.24) is 29.8 Å². The number of hydrogen-bond donors (Lipinski definition) is 1. The Kier molecular flexibility index (Phi) is 3.88. The molecule has 0 aliphatic carbocycles. The molecule has 4 rings (SSSR count). The van der Waals surface area contributed by atoms with Crippen LogP contribution in [0.4, 0.5) is 0 Å². The van der Waals surface area contributed by atoms with Gasteiger partial charge in [0.25, 0.3) is 0 Å². The zero-order chi connectivity index (χ0) is 17.2. The van der Waals surface area contributed by atoms with Crippen LogP contribution in [-0.4, -0.2) is 42.3 Å². The number of benzene rings is 1. The van der Waals surface area contributed by atoms with E-state index in [9.17, 15) is 9.59 Å². The predicted octanol–water partition coefficient (Wildman–Crippen LogP) is 0.792. The lowest BCUT2D eigenvalue weighted by atomic mass is 10.1. The van der Waals surface area contributed by atoms with Crippen LogP contribution in [0.3, 0.4) is 0 Å². The molecule has 0 unspecified atom stereocenters. The highest BCUT2D eigenvalue weighted by molar-refractivity contribution is 5.78. The number of likely N-dealkylation sites (tertiary alicyclic amines) is 1. The summed E-state index contributed by atoms with van der Waals surface area (Å²) in [6.45, 7) is 1.45. The molecular weight excluding hydrogens is 324 g/mol. The molecule has 0 spiro atoms. The number of aromatic amines is 1. The van der Waals surface area contributed by atoms with Crippen molar-refractivity contribution in [1.29, 1.82) is 0 Å². The van der Waals surface area contributed by atoms with Crippen LogP contribution < -0.4 is 5.69 Å². The zero-order valence-electron chi connectivity index (χ0n) is 13.4. The summed E-state index contributed by atoms with van der Waals surface area (Å²) < 4.78 is 6.59. The molecule has 1 aliphatic heterocycles. The van der Waals surface area contributed by atoms with Crippen LogP contribution in [0.5, 0.6) is 0 Å². The fourth-order valence-corrected chi connectivity index (χ4v) is 2.91. The van der Waals surface area contributed by atoms with Crippen molar-refractivity contribution < 1.29 is 9.32 Å². The van der Waals surface area contributed by atoms with E-state index in [1.54, 1.807) is 0 Å². The van der Waals surface area contributed by atoms with Gasteiger partial charge in [0.1, 0.15) is 12.9 Å². The van der Waals surface area contributed by atoms with Crippen LogP contribution in [0, 0.1) is 0 Å². The summed E-state index contributed by atoms with van der Waals surface area (Å²) >= 11 is 0. The van der Waals surface area contributed by atoms with Gasteiger partial charge in [-0.3, -0.25) is 9.36 Å². The van der Waals surface area contributed by atoms with E-state index < -0.39 is 0 Å². The molecule has 1 fully saturated rings. The molecule has 9 heteroatoms.